The van der Waals surface area contributed by atoms with Gasteiger partial charge in [0, 0.05) is 19.5 Å². The van der Waals surface area contributed by atoms with Crippen LogP contribution in [0.3, 0.4) is 0 Å². The molecule has 138 valence electrons. The second-order valence-corrected chi connectivity index (χ2v) is 7.05. The number of nitrogens with zero attached hydrogens (tertiary/aromatic N) is 4. The molecule has 0 saturated carbocycles. The molecule has 1 N–H and O–H groups in total. The van der Waals surface area contributed by atoms with Crippen LogP contribution in [0.2, 0.25) is 0 Å². The summed E-state index contributed by atoms with van der Waals surface area (Å²) >= 11 is 0. The van der Waals surface area contributed by atoms with Crippen molar-refractivity contribution in [3.8, 4) is 0 Å². The van der Waals surface area contributed by atoms with E-state index in [1.54, 1.807) is 9.47 Å². The highest BCUT2D eigenvalue weighted by molar-refractivity contribution is 5.77. The standard InChI is InChI=1S/C19H24N4O3/c24-13-16-15-7-4-3-6-14(15)9-11-21(16)18(25)12-23-19(26)22-10-5-1-2-8-17(22)20-23/h3-4,6-7,16,24H,1-2,5,8-13H2. The van der Waals surface area contributed by atoms with E-state index in [4.69, 9.17) is 0 Å². The summed E-state index contributed by atoms with van der Waals surface area (Å²) in [6, 6.07) is 7.54. The number of aliphatic hydroxyl groups is 1. The summed E-state index contributed by atoms with van der Waals surface area (Å²) in [5.74, 6) is 0.608. The highest BCUT2D eigenvalue weighted by Gasteiger charge is 2.30. The molecular weight excluding hydrogens is 332 g/mol. The zero-order valence-electron chi connectivity index (χ0n) is 14.8. The Balaban J connectivity index is 1.56. The van der Waals surface area contributed by atoms with Crippen molar-refractivity contribution in [3.05, 3.63) is 51.7 Å². The number of aryl methyl sites for hydroxylation is 1. The number of carbonyl (C=O) groups is 1. The Kier molecular flexibility index (Phi) is 4.63. The van der Waals surface area contributed by atoms with Gasteiger partial charge in [0.15, 0.2) is 0 Å². The van der Waals surface area contributed by atoms with Crippen LogP contribution in [0.4, 0.5) is 0 Å². The lowest BCUT2D eigenvalue weighted by Gasteiger charge is -2.36. The first-order valence-corrected chi connectivity index (χ1v) is 9.33. The van der Waals surface area contributed by atoms with Gasteiger partial charge in [0.2, 0.25) is 5.91 Å². The van der Waals surface area contributed by atoms with E-state index in [0.29, 0.717) is 13.1 Å². The largest absolute Gasteiger partial charge is 0.394 e. The molecule has 0 aliphatic carbocycles. The Morgan fingerprint density at radius 2 is 2.00 bits per heavy atom. The molecule has 2 aromatic rings. The number of fused-ring (bicyclic) bond motifs is 2. The number of aliphatic hydroxyl groups excluding tert-OH is 1. The summed E-state index contributed by atoms with van der Waals surface area (Å²) < 4.78 is 2.99. The molecule has 7 heteroatoms. The van der Waals surface area contributed by atoms with Crippen molar-refractivity contribution in [3.63, 3.8) is 0 Å². The molecule has 0 fully saturated rings. The van der Waals surface area contributed by atoms with Gasteiger partial charge >= 0.3 is 5.69 Å². The zero-order chi connectivity index (χ0) is 18.1. The minimum absolute atomic E-state index is 0.0719. The monoisotopic (exact) mass is 356 g/mol. The summed E-state index contributed by atoms with van der Waals surface area (Å²) in [5, 5.41) is 14.3. The number of carbonyl (C=O) groups excluding carboxylic acids is 1. The maximum absolute atomic E-state index is 12.9. The van der Waals surface area contributed by atoms with Crippen LogP contribution in [0.15, 0.2) is 29.1 Å². The topological polar surface area (TPSA) is 80.4 Å². The molecule has 4 rings (SSSR count). The molecule has 2 aliphatic rings. The van der Waals surface area contributed by atoms with Crippen LogP contribution in [0.5, 0.6) is 0 Å². The highest BCUT2D eigenvalue weighted by atomic mass is 16.3. The quantitative estimate of drug-likeness (QED) is 0.886. The zero-order valence-corrected chi connectivity index (χ0v) is 14.8. The fraction of sp³-hybridized carbons (Fsp3) is 0.526. The third-order valence-electron chi connectivity index (χ3n) is 5.47. The molecule has 1 aromatic carbocycles. The first-order valence-electron chi connectivity index (χ1n) is 9.33. The maximum atomic E-state index is 12.9. The molecule has 0 bridgehead atoms. The van der Waals surface area contributed by atoms with Gasteiger partial charge in [0.05, 0.1) is 12.6 Å². The average molecular weight is 356 g/mol. The molecular formula is C19H24N4O3. The van der Waals surface area contributed by atoms with Gasteiger partial charge in [0.25, 0.3) is 0 Å². The first kappa shape index (κ1) is 17.0. The van der Waals surface area contributed by atoms with Crippen molar-refractivity contribution in [2.75, 3.05) is 13.2 Å². The molecule has 0 radical (unpaired) electrons. The van der Waals surface area contributed by atoms with Crippen molar-refractivity contribution in [1.82, 2.24) is 19.2 Å². The molecule has 3 heterocycles. The number of rotatable bonds is 3. The third kappa shape index (κ3) is 2.96. The number of aromatic nitrogens is 3. The number of benzene rings is 1. The first-order chi connectivity index (χ1) is 12.7. The molecule has 7 nitrogen and oxygen atoms in total. The van der Waals surface area contributed by atoms with Crippen LogP contribution in [-0.4, -0.2) is 43.4 Å². The van der Waals surface area contributed by atoms with E-state index in [1.807, 2.05) is 24.3 Å². The summed E-state index contributed by atoms with van der Waals surface area (Å²) in [7, 11) is 0. The molecule has 0 saturated heterocycles. The van der Waals surface area contributed by atoms with Crippen LogP contribution >= 0.6 is 0 Å². The van der Waals surface area contributed by atoms with Gasteiger partial charge in [0.1, 0.15) is 12.4 Å². The van der Waals surface area contributed by atoms with Crippen molar-refractivity contribution >= 4 is 5.91 Å². The van der Waals surface area contributed by atoms with E-state index in [9.17, 15) is 14.7 Å². The Hall–Kier alpha value is -2.41. The number of hydrogen-bond acceptors (Lipinski definition) is 4. The van der Waals surface area contributed by atoms with Crippen molar-refractivity contribution in [2.24, 2.45) is 0 Å². The van der Waals surface area contributed by atoms with E-state index in [2.05, 4.69) is 5.10 Å². The second kappa shape index (κ2) is 7.07. The van der Waals surface area contributed by atoms with Gasteiger partial charge in [-0.3, -0.25) is 9.36 Å². The normalized spacial score (nSPS) is 19.6. The fourth-order valence-electron chi connectivity index (χ4n) is 4.09. The van der Waals surface area contributed by atoms with Gasteiger partial charge in [-0.25, -0.2) is 9.48 Å². The van der Waals surface area contributed by atoms with Crippen LogP contribution in [0.25, 0.3) is 0 Å². The SMILES string of the molecule is O=C(Cn1nc2n(c1=O)CCCCC2)N1CCc2ccccc2C1CO. The van der Waals surface area contributed by atoms with Crippen molar-refractivity contribution in [2.45, 2.75) is 51.2 Å². The summed E-state index contributed by atoms with van der Waals surface area (Å²) in [6.07, 6.45) is 4.65. The fourth-order valence-corrected chi connectivity index (χ4v) is 4.09. The van der Waals surface area contributed by atoms with E-state index < -0.39 is 0 Å². The number of hydrogen-bond donors (Lipinski definition) is 1. The van der Waals surface area contributed by atoms with E-state index in [1.165, 1.54) is 10.2 Å². The van der Waals surface area contributed by atoms with Crippen LogP contribution in [-0.2, 0) is 30.7 Å². The van der Waals surface area contributed by atoms with Crippen molar-refractivity contribution in [1.29, 1.82) is 0 Å². The van der Waals surface area contributed by atoms with Gasteiger partial charge < -0.3 is 10.0 Å². The van der Waals surface area contributed by atoms with E-state index in [-0.39, 0.29) is 30.8 Å². The lowest BCUT2D eigenvalue weighted by Crippen LogP contribution is -2.44. The maximum Gasteiger partial charge on any atom is 0.346 e. The Morgan fingerprint density at radius 1 is 1.15 bits per heavy atom. The summed E-state index contributed by atoms with van der Waals surface area (Å²) in [4.78, 5) is 27.1. The minimum atomic E-state index is -0.358. The second-order valence-electron chi connectivity index (χ2n) is 7.05. The smallest absolute Gasteiger partial charge is 0.346 e. The van der Waals surface area contributed by atoms with Gasteiger partial charge in [-0.2, -0.15) is 5.10 Å². The number of amides is 1. The lowest BCUT2D eigenvalue weighted by atomic mass is 9.93. The molecule has 1 aromatic heterocycles. The summed E-state index contributed by atoms with van der Waals surface area (Å²) in [5.41, 5.74) is 1.96. The molecule has 0 spiro atoms. The molecule has 1 unspecified atom stereocenters. The predicted molar refractivity (Wildman–Crippen MR) is 95.7 cm³/mol. The van der Waals surface area contributed by atoms with Crippen LogP contribution < -0.4 is 5.69 Å². The Bertz CT molecular complexity index is 870. The minimum Gasteiger partial charge on any atom is -0.394 e. The lowest BCUT2D eigenvalue weighted by molar-refractivity contribution is -0.136. The Morgan fingerprint density at radius 3 is 2.85 bits per heavy atom. The molecule has 1 atom stereocenters. The average Bonchev–Trinajstić information content (AvgIpc) is 2.83. The van der Waals surface area contributed by atoms with Crippen molar-refractivity contribution < 1.29 is 9.90 Å². The van der Waals surface area contributed by atoms with Gasteiger partial charge in [-0.15, -0.1) is 0 Å². The summed E-state index contributed by atoms with van der Waals surface area (Å²) in [6.45, 7) is 1.02. The van der Waals surface area contributed by atoms with Gasteiger partial charge in [-0.05, 0) is 30.4 Å². The van der Waals surface area contributed by atoms with Crippen LogP contribution in [0, 0.1) is 0 Å². The van der Waals surface area contributed by atoms with Gasteiger partial charge in [-0.1, -0.05) is 30.7 Å². The Labute approximate surface area is 151 Å². The molecule has 2 aliphatic heterocycles. The van der Waals surface area contributed by atoms with Crippen LogP contribution in [0.1, 0.15) is 42.3 Å². The third-order valence-corrected chi connectivity index (χ3v) is 5.47. The van der Waals surface area contributed by atoms with E-state index >= 15 is 0 Å². The molecule has 26 heavy (non-hydrogen) atoms. The highest BCUT2D eigenvalue weighted by Crippen LogP contribution is 2.29. The van der Waals surface area contributed by atoms with E-state index in [0.717, 1.165) is 43.5 Å². The predicted octanol–water partition coefficient (Wildman–Crippen LogP) is 0.889. The molecule has 1 amide bonds.